The van der Waals surface area contributed by atoms with E-state index >= 15 is 0 Å². The summed E-state index contributed by atoms with van der Waals surface area (Å²) < 4.78 is 0. The van der Waals surface area contributed by atoms with Gasteiger partial charge in [-0.05, 0) is 24.8 Å². The molecule has 16 heavy (non-hydrogen) atoms. The summed E-state index contributed by atoms with van der Waals surface area (Å²) in [4.78, 5) is 10.2. The van der Waals surface area contributed by atoms with Gasteiger partial charge in [-0.15, -0.1) is 0 Å². The number of aliphatic hydroxyl groups is 1. The van der Waals surface area contributed by atoms with E-state index in [2.05, 4.69) is 0 Å². The van der Waals surface area contributed by atoms with Gasteiger partial charge in [0, 0.05) is 12.1 Å². The van der Waals surface area contributed by atoms with Crippen molar-refractivity contribution in [2.24, 2.45) is 0 Å². The van der Waals surface area contributed by atoms with Crippen molar-refractivity contribution in [1.29, 1.82) is 0 Å². The van der Waals surface area contributed by atoms with E-state index in [4.69, 9.17) is 0 Å². The molecule has 1 N–H and O–H groups in total. The second-order valence-corrected chi connectivity index (χ2v) is 3.91. The maximum Gasteiger partial charge on any atom is 0.269 e. The van der Waals surface area contributed by atoms with E-state index < -0.39 is 4.92 Å². The van der Waals surface area contributed by atoms with Gasteiger partial charge >= 0.3 is 0 Å². The van der Waals surface area contributed by atoms with E-state index in [0.717, 1.165) is 18.4 Å². The lowest BCUT2D eigenvalue weighted by atomic mass is 10.0. The van der Waals surface area contributed by atoms with Gasteiger partial charge in [0.1, 0.15) is 0 Å². The summed E-state index contributed by atoms with van der Waals surface area (Å²) in [6.07, 6.45) is 2.78. The Labute approximate surface area is 95.1 Å². The Morgan fingerprint density at radius 2 is 2.19 bits per heavy atom. The number of nitro groups is 1. The zero-order valence-electron chi connectivity index (χ0n) is 9.43. The molecular weight excluding hydrogens is 206 g/mol. The molecule has 4 nitrogen and oxygen atoms in total. The van der Waals surface area contributed by atoms with Crippen molar-refractivity contribution < 1.29 is 10.0 Å². The van der Waals surface area contributed by atoms with Gasteiger partial charge in [-0.3, -0.25) is 10.1 Å². The van der Waals surface area contributed by atoms with E-state index in [1.54, 1.807) is 12.1 Å². The molecule has 88 valence electrons. The molecule has 0 spiro atoms. The number of aliphatic hydroxyl groups excluding tert-OH is 1. The Balaban J connectivity index is 2.54. The van der Waals surface area contributed by atoms with Crippen LogP contribution < -0.4 is 0 Å². The standard InChI is InChI=1S/C12H17NO3/c1-2-4-12(14)8-7-10-5-3-6-11(9-10)13(15)16/h3,5-6,9,12,14H,2,4,7-8H2,1H3. The van der Waals surface area contributed by atoms with Crippen LogP contribution in [0.1, 0.15) is 31.7 Å². The molecule has 0 bridgehead atoms. The van der Waals surface area contributed by atoms with Gasteiger partial charge in [-0.1, -0.05) is 25.5 Å². The highest BCUT2D eigenvalue weighted by atomic mass is 16.6. The Kier molecular flexibility index (Phi) is 4.92. The number of aryl methyl sites for hydroxylation is 1. The molecule has 1 rings (SSSR count). The molecule has 0 aliphatic carbocycles. The topological polar surface area (TPSA) is 63.4 Å². The first-order valence-electron chi connectivity index (χ1n) is 5.55. The monoisotopic (exact) mass is 223 g/mol. The highest BCUT2D eigenvalue weighted by Crippen LogP contribution is 2.15. The number of hydrogen-bond donors (Lipinski definition) is 1. The molecule has 1 aromatic rings. The quantitative estimate of drug-likeness (QED) is 0.595. The van der Waals surface area contributed by atoms with Crippen LogP contribution in [0.5, 0.6) is 0 Å². The van der Waals surface area contributed by atoms with Crippen molar-refractivity contribution >= 4 is 5.69 Å². The molecular formula is C12H17NO3. The van der Waals surface area contributed by atoms with Gasteiger partial charge < -0.3 is 5.11 Å². The zero-order chi connectivity index (χ0) is 12.0. The smallest absolute Gasteiger partial charge is 0.269 e. The molecule has 1 unspecified atom stereocenters. The first-order chi connectivity index (χ1) is 7.63. The summed E-state index contributed by atoms with van der Waals surface area (Å²) in [5.74, 6) is 0. The molecule has 1 atom stereocenters. The van der Waals surface area contributed by atoms with Gasteiger partial charge in [0.05, 0.1) is 11.0 Å². The second-order valence-electron chi connectivity index (χ2n) is 3.91. The lowest BCUT2D eigenvalue weighted by Gasteiger charge is -2.08. The molecule has 0 heterocycles. The van der Waals surface area contributed by atoms with Crippen LogP contribution in [0.25, 0.3) is 0 Å². The molecule has 1 aromatic carbocycles. The fraction of sp³-hybridized carbons (Fsp3) is 0.500. The Morgan fingerprint density at radius 1 is 1.44 bits per heavy atom. The number of non-ortho nitro benzene ring substituents is 1. The highest BCUT2D eigenvalue weighted by Gasteiger charge is 2.07. The largest absolute Gasteiger partial charge is 0.393 e. The summed E-state index contributed by atoms with van der Waals surface area (Å²) in [6.45, 7) is 2.02. The maximum absolute atomic E-state index is 10.5. The van der Waals surface area contributed by atoms with Crippen LogP contribution >= 0.6 is 0 Å². The Bertz CT molecular complexity index is 352. The molecule has 0 aliphatic heterocycles. The van der Waals surface area contributed by atoms with Crippen molar-refractivity contribution in [3.63, 3.8) is 0 Å². The van der Waals surface area contributed by atoms with E-state index in [1.807, 2.05) is 13.0 Å². The molecule has 0 saturated heterocycles. The number of nitro benzene ring substituents is 1. The van der Waals surface area contributed by atoms with Crippen molar-refractivity contribution in [2.45, 2.75) is 38.7 Å². The van der Waals surface area contributed by atoms with Gasteiger partial charge in [-0.25, -0.2) is 0 Å². The van der Waals surface area contributed by atoms with E-state index in [1.165, 1.54) is 6.07 Å². The molecule has 0 amide bonds. The SMILES string of the molecule is CCCC(O)CCc1cccc([N+](=O)[O-])c1. The van der Waals surface area contributed by atoms with Crippen LogP contribution in [-0.4, -0.2) is 16.1 Å². The van der Waals surface area contributed by atoms with Crippen LogP contribution in [0.2, 0.25) is 0 Å². The predicted molar refractivity (Wildman–Crippen MR) is 62.3 cm³/mol. The van der Waals surface area contributed by atoms with Crippen molar-refractivity contribution in [3.05, 3.63) is 39.9 Å². The number of nitrogens with zero attached hydrogens (tertiary/aromatic N) is 1. The molecule has 0 aliphatic rings. The normalized spacial score (nSPS) is 12.4. The summed E-state index contributed by atoms with van der Waals surface area (Å²) in [7, 11) is 0. The maximum atomic E-state index is 10.5. The summed E-state index contributed by atoms with van der Waals surface area (Å²) in [5, 5.41) is 20.1. The minimum atomic E-state index is -0.397. The van der Waals surface area contributed by atoms with Crippen molar-refractivity contribution in [1.82, 2.24) is 0 Å². The average Bonchev–Trinajstić information content (AvgIpc) is 2.27. The van der Waals surface area contributed by atoms with Gasteiger partial charge in [0.2, 0.25) is 0 Å². The van der Waals surface area contributed by atoms with Gasteiger partial charge in [0.15, 0.2) is 0 Å². The minimum Gasteiger partial charge on any atom is -0.393 e. The lowest BCUT2D eigenvalue weighted by Crippen LogP contribution is -2.07. The minimum absolute atomic E-state index is 0.113. The predicted octanol–water partition coefficient (Wildman–Crippen LogP) is 2.69. The third-order valence-electron chi connectivity index (χ3n) is 2.51. The Morgan fingerprint density at radius 3 is 2.81 bits per heavy atom. The van der Waals surface area contributed by atoms with Crippen LogP contribution in [0.3, 0.4) is 0 Å². The molecule has 4 heteroatoms. The second kappa shape index (κ2) is 6.23. The van der Waals surface area contributed by atoms with Gasteiger partial charge in [-0.2, -0.15) is 0 Å². The van der Waals surface area contributed by atoms with Crippen LogP contribution in [0.15, 0.2) is 24.3 Å². The highest BCUT2D eigenvalue weighted by molar-refractivity contribution is 5.34. The molecule has 0 saturated carbocycles. The van der Waals surface area contributed by atoms with Crippen LogP contribution in [-0.2, 0) is 6.42 Å². The van der Waals surface area contributed by atoms with Crippen LogP contribution in [0.4, 0.5) is 5.69 Å². The van der Waals surface area contributed by atoms with Crippen molar-refractivity contribution in [2.75, 3.05) is 0 Å². The zero-order valence-corrected chi connectivity index (χ0v) is 9.43. The molecule has 0 fully saturated rings. The summed E-state index contributed by atoms with van der Waals surface area (Å²) in [6, 6.07) is 6.58. The fourth-order valence-corrected chi connectivity index (χ4v) is 1.64. The Hall–Kier alpha value is -1.42. The lowest BCUT2D eigenvalue weighted by molar-refractivity contribution is -0.384. The van der Waals surface area contributed by atoms with E-state index in [0.29, 0.717) is 12.8 Å². The fourth-order valence-electron chi connectivity index (χ4n) is 1.64. The number of hydrogen-bond acceptors (Lipinski definition) is 3. The third-order valence-corrected chi connectivity index (χ3v) is 2.51. The van der Waals surface area contributed by atoms with Gasteiger partial charge in [0.25, 0.3) is 5.69 Å². The first-order valence-corrected chi connectivity index (χ1v) is 5.55. The summed E-state index contributed by atoms with van der Waals surface area (Å²) >= 11 is 0. The number of benzene rings is 1. The molecule has 0 aromatic heterocycles. The van der Waals surface area contributed by atoms with Crippen molar-refractivity contribution in [3.8, 4) is 0 Å². The third kappa shape index (κ3) is 3.98. The molecule has 0 radical (unpaired) electrons. The first kappa shape index (κ1) is 12.6. The van der Waals surface area contributed by atoms with E-state index in [-0.39, 0.29) is 11.8 Å². The van der Waals surface area contributed by atoms with E-state index in [9.17, 15) is 15.2 Å². The summed E-state index contributed by atoms with van der Waals surface area (Å²) in [5.41, 5.74) is 1.02. The van der Waals surface area contributed by atoms with Crippen LogP contribution in [0, 0.1) is 10.1 Å². The number of rotatable bonds is 6. The average molecular weight is 223 g/mol.